The molecule has 0 radical (unpaired) electrons. The zero-order valence-electron chi connectivity index (χ0n) is 29.7. The summed E-state index contributed by atoms with van der Waals surface area (Å²) in [7, 11) is 0. The Balaban J connectivity index is 1.05. The average Bonchev–Trinajstić information content (AvgIpc) is 3.91. The molecule has 0 saturated heterocycles. The summed E-state index contributed by atoms with van der Waals surface area (Å²) in [6.07, 6.45) is 0. The second-order valence-corrected chi connectivity index (χ2v) is 17.2. The van der Waals surface area contributed by atoms with Crippen molar-refractivity contribution in [2.45, 2.75) is 38.8 Å². The van der Waals surface area contributed by atoms with Gasteiger partial charge in [0.15, 0.2) is 0 Å². The lowest BCUT2D eigenvalue weighted by atomic mass is 10.0. The quantitative estimate of drug-likeness (QED) is 0.178. The summed E-state index contributed by atoms with van der Waals surface area (Å²) in [6, 6.07) is 49.3. The van der Waals surface area contributed by atoms with Crippen molar-refractivity contribution in [2.24, 2.45) is 9.98 Å². The Hall–Kier alpha value is -5.04. The topological polar surface area (TPSA) is 34.6 Å². The third-order valence-electron chi connectivity index (χ3n) is 10.4. The Morgan fingerprint density at radius 2 is 0.788 bits per heavy atom. The monoisotopic (exact) mass is 710 g/mol. The summed E-state index contributed by atoms with van der Waals surface area (Å²) in [4.78, 5) is 9.92. The minimum Gasteiger partial charge on any atom is -0.309 e. The molecular formula is C46H38N4S2. The Labute approximate surface area is 312 Å². The van der Waals surface area contributed by atoms with Crippen molar-refractivity contribution in [3.63, 3.8) is 0 Å². The van der Waals surface area contributed by atoms with E-state index in [-0.39, 0.29) is 11.1 Å². The lowest BCUT2D eigenvalue weighted by Crippen LogP contribution is -2.15. The first kappa shape index (κ1) is 31.7. The van der Waals surface area contributed by atoms with Gasteiger partial charge in [-0.15, -0.1) is 23.5 Å². The van der Waals surface area contributed by atoms with Crippen molar-refractivity contribution >= 4 is 77.2 Å². The predicted molar refractivity (Wildman–Crippen MR) is 227 cm³/mol. The standard InChI is InChI=1S/C46H38N4S2/c1-45(2)27-51-43(47-45)29-13-19-33(20-14-29)49-39-11-7-5-9-35(39)37-25-31(17-23-41(37)49)32-18-24-42-38(26-32)36-10-6-8-12-40(36)50(42)34-21-15-30(16-22-34)44-48-46(3,4)28-52-44/h5-26H,27-28H2,1-4H3. The van der Waals surface area contributed by atoms with Gasteiger partial charge in [-0.2, -0.15) is 0 Å². The third-order valence-corrected chi connectivity index (χ3v) is 13.3. The zero-order chi connectivity index (χ0) is 35.2. The lowest BCUT2D eigenvalue weighted by molar-refractivity contribution is 0.605. The minimum atomic E-state index is -0.000698. The molecule has 254 valence electrons. The summed E-state index contributed by atoms with van der Waals surface area (Å²) in [5.41, 5.74) is 12.0. The van der Waals surface area contributed by atoms with Crippen molar-refractivity contribution in [3.05, 3.63) is 145 Å². The first-order valence-electron chi connectivity index (χ1n) is 18.0. The number of nitrogens with zero attached hydrogens (tertiary/aromatic N) is 4. The number of fused-ring (bicyclic) bond motifs is 6. The van der Waals surface area contributed by atoms with Crippen LogP contribution < -0.4 is 0 Å². The van der Waals surface area contributed by atoms with Gasteiger partial charge >= 0.3 is 0 Å². The molecule has 6 heteroatoms. The van der Waals surface area contributed by atoms with Crippen molar-refractivity contribution in [1.82, 2.24) is 9.13 Å². The molecule has 8 aromatic rings. The second kappa shape index (κ2) is 11.7. The fourth-order valence-electron chi connectivity index (χ4n) is 7.83. The first-order chi connectivity index (χ1) is 25.2. The fraction of sp³-hybridized carbons (Fsp3) is 0.174. The van der Waals surface area contributed by atoms with E-state index in [0.29, 0.717) is 0 Å². The number of rotatable bonds is 5. The molecule has 10 rings (SSSR count). The molecule has 0 atom stereocenters. The van der Waals surface area contributed by atoms with Gasteiger partial charge < -0.3 is 9.13 Å². The minimum absolute atomic E-state index is 0.000698. The van der Waals surface area contributed by atoms with Crippen LogP contribution in [0.4, 0.5) is 0 Å². The van der Waals surface area contributed by atoms with Crippen LogP contribution in [0, 0.1) is 0 Å². The van der Waals surface area contributed by atoms with Crippen LogP contribution in [-0.4, -0.2) is 41.8 Å². The van der Waals surface area contributed by atoms with Crippen molar-refractivity contribution in [1.29, 1.82) is 0 Å². The molecule has 0 unspecified atom stereocenters. The van der Waals surface area contributed by atoms with E-state index in [1.165, 1.54) is 65.9 Å². The molecule has 0 saturated carbocycles. The van der Waals surface area contributed by atoms with E-state index in [1.54, 1.807) is 0 Å². The number of para-hydroxylation sites is 2. The third kappa shape index (κ3) is 5.22. The Morgan fingerprint density at radius 3 is 1.17 bits per heavy atom. The van der Waals surface area contributed by atoms with Crippen molar-refractivity contribution in [3.8, 4) is 22.5 Å². The SMILES string of the molecule is CC1(C)CSC(c2ccc(-n3c4ccccc4c4cc(-c5ccc6c(c5)c5ccccc5n6-c5ccc(C6=NC(C)(C)CS6)cc5)ccc43)cc2)=N1. The second-order valence-electron chi connectivity index (χ2n) is 15.3. The smallest absolute Gasteiger partial charge is 0.0984 e. The Bertz CT molecular complexity index is 2590. The summed E-state index contributed by atoms with van der Waals surface area (Å²) in [5.74, 6) is 2.05. The van der Waals surface area contributed by atoms with E-state index in [1.807, 2.05) is 23.5 Å². The Morgan fingerprint density at radius 1 is 0.423 bits per heavy atom. The molecule has 4 nitrogen and oxygen atoms in total. The van der Waals surface area contributed by atoms with Gasteiger partial charge in [0.2, 0.25) is 0 Å². The lowest BCUT2D eigenvalue weighted by Gasteiger charge is -2.11. The highest BCUT2D eigenvalue weighted by Crippen LogP contribution is 2.39. The van der Waals surface area contributed by atoms with Gasteiger partial charge in [-0.1, -0.05) is 72.8 Å². The van der Waals surface area contributed by atoms with Crippen molar-refractivity contribution in [2.75, 3.05) is 11.5 Å². The van der Waals surface area contributed by atoms with Crippen LogP contribution in [-0.2, 0) is 0 Å². The molecule has 2 aliphatic rings. The Kier molecular flexibility index (Phi) is 7.15. The van der Waals surface area contributed by atoms with Crippen LogP contribution in [0.15, 0.2) is 143 Å². The van der Waals surface area contributed by atoms with E-state index < -0.39 is 0 Å². The number of benzene rings is 6. The number of aromatic nitrogens is 2. The molecule has 0 bridgehead atoms. The molecule has 0 N–H and O–H groups in total. The molecule has 4 heterocycles. The van der Waals surface area contributed by atoms with Gasteiger partial charge in [-0.25, -0.2) is 0 Å². The van der Waals surface area contributed by atoms with Gasteiger partial charge in [-0.05, 0) is 99.5 Å². The van der Waals surface area contributed by atoms with Gasteiger partial charge in [0, 0.05) is 55.6 Å². The van der Waals surface area contributed by atoms with Crippen LogP contribution >= 0.6 is 23.5 Å². The zero-order valence-corrected chi connectivity index (χ0v) is 31.4. The summed E-state index contributed by atoms with van der Waals surface area (Å²) in [5, 5.41) is 7.30. The largest absolute Gasteiger partial charge is 0.309 e. The molecule has 0 amide bonds. The van der Waals surface area contributed by atoms with Gasteiger partial charge in [0.25, 0.3) is 0 Å². The average molecular weight is 711 g/mol. The number of aliphatic imine (C=N–C) groups is 2. The molecule has 0 aliphatic carbocycles. The molecule has 6 aromatic carbocycles. The summed E-state index contributed by atoms with van der Waals surface area (Å²) < 4.78 is 4.79. The molecule has 2 aromatic heterocycles. The molecule has 52 heavy (non-hydrogen) atoms. The van der Waals surface area contributed by atoms with E-state index >= 15 is 0 Å². The highest BCUT2D eigenvalue weighted by Gasteiger charge is 2.27. The van der Waals surface area contributed by atoms with Crippen molar-refractivity contribution < 1.29 is 0 Å². The van der Waals surface area contributed by atoms with E-state index in [9.17, 15) is 0 Å². The van der Waals surface area contributed by atoms with Crippen LogP contribution in [0.5, 0.6) is 0 Å². The maximum Gasteiger partial charge on any atom is 0.0984 e. The van der Waals surface area contributed by atoms with E-state index in [0.717, 1.165) is 33.0 Å². The molecule has 0 fully saturated rings. The molecule has 2 aliphatic heterocycles. The van der Waals surface area contributed by atoms with Gasteiger partial charge in [-0.3, -0.25) is 9.98 Å². The normalized spacial score (nSPS) is 16.7. The maximum absolute atomic E-state index is 4.96. The fourth-order valence-corrected chi connectivity index (χ4v) is 10.2. The van der Waals surface area contributed by atoms with Crippen LogP contribution in [0.3, 0.4) is 0 Å². The number of thioether (sulfide) groups is 2. The number of hydrogen-bond donors (Lipinski definition) is 0. The highest BCUT2D eigenvalue weighted by molar-refractivity contribution is 8.15. The van der Waals surface area contributed by atoms with Crippen LogP contribution in [0.2, 0.25) is 0 Å². The van der Waals surface area contributed by atoms with Gasteiger partial charge in [0.05, 0.1) is 43.2 Å². The number of hydrogen-bond acceptors (Lipinski definition) is 4. The van der Waals surface area contributed by atoms with Gasteiger partial charge in [0.1, 0.15) is 0 Å². The van der Waals surface area contributed by atoms with Crippen LogP contribution in [0.1, 0.15) is 38.8 Å². The van der Waals surface area contributed by atoms with E-state index in [2.05, 4.69) is 170 Å². The predicted octanol–water partition coefficient (Wildman–Crippen LogP) is 12.1. The molecule has 0 spiro atoms. The van der Waals surface area contributed by atoms with E-state index in [4.69, 9.17) is 9.98 Å². The molecular weight excluding hydrogens is 673 g/mol. The summed E-state index contributed by atoms with van der Waals surface area (Å²) in [6.45, 7) is 8.82. The maximum atomic E-state index is 4.96. The highest BCUT2D eigenvalue weighted by atomic mass is 32.2. The first-order valence-corrected chi connectivity index (χ1v) is 19.9. The van der Waals surface area contributed by atoms with Crippen LogP contribution in [0.25, 0.3) is 66.1 Å². The summed E-state index contributed by atoms with van der Waals surface area (Å²) >= 11 is 3.71.